The molecule has 1 saturated heterocycles. The predicted molar refractivity (Wildman–Crippen MR) is 97.2 cm³/mol. The SMILES string of the molecule is Cc1ccc(N2CCC(c3cc(Cl)cc(Cl)c3)(C(F)(F)F)C2)cc1C(F)(F)F. The van der Waals surface area contributed by atoms with E-state index in [1.54, 1.807) is 0 Å². The molecule has 0 amide bonds. The fourth-order valence-corrected chi connectivity index (χ4v) is 4.13. The zero-order valence-electron chi connectivity index (χ0n) is 14.6. The summed E-state index contributed by atoms with van der Waals surface area (Å²) in [7, 11) is 0. The Labute approximate surface area is 167 Å². The van der Waals surface area contributed by atoms with E-state index in [2.05, 4.69) is 0 Å². The number of hydrogen-bond donors (Lipinski definition) is 0. The molecular formula is C19H15Cl2F6N. The van der Waals surface area contributed by atoms with Gasteiger partial charge in [0.2, 0.25) is 0 Å². The molecule has 0 saturated carbocycles. The van der Waals surface area contributed by atoms with Crippen LogP contribution in [-0.4, -0.2) is 19.3 Å². The molecule has 2 aromatic carbocycles. The Morgan fingerprint density at radius 1 is 0.929 bits per heavy atom. The van der Waals surface area contributed by atoms with Crippen molar-refractivity contribution in [3.8, 4) is 0 Å². The average molecular weight is 442 g/mol. The average Bonchev–Trinajstić information content (AvgIpc) is 2.99. The van der Waals surface area contributed by atoms with E-state index in [-0.39, 0.29) is 39.8 Å². The molecule has 152 valence electrons. The van der Waals surface area contributed by atoms with Gasteiger partial charge in [-0.25, -0.2) is 0 Å². The number of anilines is 1. The summed E-state index contributed by atoms with van der Waals surface area (Å²) in [5.41, 5.74) is -3.12. The highest BCUT2D eigenvalue weighted by Crippen LogP contribution is 2.49. The van der Waals surface area contributed by atoms with Gasteiger partial charge >= 0.3 is 12.4 Å². The standard InChI is InChI=1S/C19H15Cl2F6N/c1-11-2-3-15(9-16(11)18(22,23)24)28-5-4-17(10-28,19(25,26)27)12-6-13(20)8-14(21)7-12/h2-3,6-9H,4-5,10H2,1H3. The molecule has 1 aliphatic heterocycles. The highest BCUT2D eigenvalue weighted by Gasteiger charge is 2.59. The lowest BCUT2D eigenvalue weighted by molar-refractivity contribution is -0.184. The van der Waals surface area contributed by atoms with E-state index in [0.717, 1.165) is 6.07 Å². The number of halogens is 8. The van der Waals surface area contributed by atoms with Crippen molar-refractivity contribution in [2.75, 3.05) is 18.0 Å². The van der Waals surface area contributed by atoms with Gasteiger partial charge in [-0.1, -0.05) is 29.3 Å². The van der Waals surface area contributed by atoms with Crippen LogP contribution in [0.5, 0.6) is 0 Å². The maximum absolute atomic E-state index is 14.1. The lowest BCUT2D eigenvalue weighted by Gasteiger charge is -2.33. The van der Waals surface area contributed by atoms with Crippen LogP contribution in [0.2, 0.25) is 10.0 Å². The van der Waals surface area contributed by atoms with E-state index in [4.69, 9.17) is 23.2 Å². The summed E-state index contributed by atoms with van der Waals surface area (Å²) in [6, 6.07) is 7.32. The van der Waals surface area contributed by atoms with E-state index < -0.39 is 29.9 Å². The minimum Gasteiger partial charge on any atom is -0.370 e. The molecule has 1 fully saturated rings. The van der Waals surface area contributed by atoms with E-state index in [1.165, 1.54) is 42.2 Å². The molecule has 0 aromatic heterocycles. The minimum atomic E-state index is -4.63. The second-order valence-corrected chi connectivity index (χ2v) is 7.78. The Balaban J connectivity index is 2.03. The van der Waals surface area contributed by atoms with Gasteiger partial charge in [0, 0.05) is 28.8 Å². The van der Waals surface area contributed by atoms with Crippen LogP contribution < -0.4 is 4.90 Å². The molecule has 1 aliphatic rings. The van der Waals surface area contributed by atoms with Gasteiger partial charge in [-0.2, -0.15) is 26.3 Å². The van der Waals surface area contributed by atoms with E-state index in [1.807, 2.05) is 0 Å². The molecule has 0 aliphatic carbocycles. The second-order valence-electron chi connectivity index (χ2n) is 6.91. The number of nitrogens with zero attached hydrogens (tertiary/aromatic N) is 1. The van der Waals surface area contributed by atoms with Crippen molar-refractivity contribution in [2.24, 2.45) is 0 Å². The Kier molecular flexibility index (Phi) is 5.30. The number of alkyl halides is 6. The first-order chi connectivity index (χ1) is 12.8. The zero-order chi connectivity index (χ0) is 20.9. The lowest BCUT2D eigenvalue weighted by Crippen LogP contribution is -2.44. The molecule has 9 heteroatoms. The Morgan fingerprint density at radius 2 is 1.54 bits per heavy atom. The minimum absolute atomic E-state index is 0.0131. The van der Waals surface area contributed by atoms with Crippen molar-refractivity contribution in [3.05, 3.63) is 63.1 Å². The largest absolute Gasteiger partial charge is 0.416 e. The lowest BCUT2D eigenvalue weighted by atomic mass is 9.79. The summed E-state index contributed by atoms with van der Waals surface area (Å²) in [5.74, 6) is 0. The van der Waals surface area contributed by atoms with Crippen LogP contribution in [-0.2, 0) is 11.6 Å². The molecule has 1 heterocycles. The summed E-state index contributed by atoms with van der Waals surface area (Å²) >= 11 is 11.8. The first kappa shape index (κ1) is 21.1. The van der Waals surface area contributed by atoms with Crippen molar-refractivity contribution in [1.29, 1.82) is 0 Å². The van der Waals surface area contributed by atoms with E-state index in [0.29, 0.717) is 0 Å². The molecule has 0 spiro atoms. The molecule has 2 aromatic rings. The third-order valence-electron chi connectivity index (χ3n) is 5.12. The number of benzene rings is 2. The van der Waals surface area contributed by atoms with Crippen LogP contribution in [0.1, 0.15) is 23.1 Å². The van der Waals surface area contributed by atoms with Gasteiger partial charge in [0.25, 0.3) is 0 Å². The molecule has 1 unspecified atom stereocenters. The molecule has 28 heavy (non-hydrogen) atoms. The van der Waals surface area contributed by atoms with Gasteiger partial charge in [0.1, 0.15) is 5.41 Å². The van der Waals surface area contributed by atoms with Gasteiger partial charge in [-0.05, 0) is 54.8 Å². The molecule has 0 bridgehead atoms. The Hall–Kier alpha value is -1.60. The van der Waals surface area contributed by atoms with Crippen LogP contribution in [0.4, 0.5) is 32.0 Å². The van der Waals surface area contributed by atoms with Crippen molar-refractivity contribution in [1.82, 2.24) is 0 Å². The molecule has 3 rings (SSSR count). The summed E-state index contributed by atoms with van der Waals surface area (Å²) < 4.78 is 81.8. The topological polar surface area (TPSA) is 3.24 Å². The van der Waals surface area contributed by atoms with Gasteiger partial charge in [0.15, 0.2) is 0 Å². The van der Waals surface area contributed by atoms with Crippen LogP contribution in [0.3, 0.4) is 0 Å². The summed E-state index contributed by atoms with van der Waals surface area (Å²) in [4.78, 5) is 1.32. The van der Waals surface area contributed by atoms with Crippen molar-refractivity contribution >= 4 is 28.9 Å². The van der Waals surface area contributed by atoms with Gasteiger partial charge in [-0.15, -0.1) is 0 Å². The third-order valence-corrected chi connectivity index (χ3v) is 5.56. The highest BCUT2D eigenvalue weighted by atomic mass is 35.5. The number of hydrogen-bond acceptors (Lipinski definition) is 1. The third kappa shape index (κ3) is 3.79. The van der Waals surface area contributed by atoms with E-state index in [9.17, 15) is 26.3 Å². The molecule has 0 N–H and O–H groups in total. The summed E-state index contributed by atoms with van der Waals surface area (Å²) in [5, 5.41) is 0.138. The van der Waals surface area contributed by atoms with Crippen molar-refractivity contribution in [3.63, 3.8) is 0 Å². The maximum atomic E-state index is 14.1. The first-order valence-electron chi connectivity index (χ1n) is 8.30. The van der Waals surface area contributed by atoms with E-state index >= 15 is 0 Å². The normalized spacial score (nSPS) is 20.7. The van der Waals surface area contributed by atoms with Crippen LogP contribution in [0.25, 0.3) is 0 Å². The molecular weight excluding hydrogens is 427 g/mol. The number of rotatable bonds is 2. The molecule has 1 nitrogen and oxygen atoms in total. The second kappa shape index (κ2) is 7.02. The van der Waals surface area contributed by atoms with Gasteiger partial charge in [0.05, 0.1) is 5.56 Å². The quantitative estimate of drug-likeness (QED) is 0.452. The predicted octanol–water partition coefficient (Wildman–Crippen LogP) is 7.03. The molecule has 0 radical (unpaired) electrons. The first-order valence-corrected chi connectivity index (χ1v) is 9.05. The summed E-state index contributed by atoms with van der Waals surface area (Å²) in [6.45, 7) is 0.738. The monoisotopic (exact) mass is 441 g/mol. The smallest absolute Gasteiger partial charge is 0.370 e. The van der Waals surface area contributed by atoms with Crippen molar-refractivity contribution < 1.29 is 26.3 Å². The Bertz CT molecular complexity index is 873. The van der Waals surface area contributed by atoms with Crippen LogP contribution >= 0.6 is 23.2 Å². The zero-order valence-corrected chi connectivity index (χ0v) is 16.1. The Morgan fingerprint density at radius 3 is 2.07 bits per heavy atom. The van der Waals surface area contributed by atoms with Crippen LogP contribution in [0.15, 0.2) is 36.4 Å². The fourth-order valence-electron chi connectivity index (χ4n) is 3.60. The molecule has 1 atom stereocenters. The van der Waals surface area contributed by atoms with Crippen LogP contribution in [0, 0.1) is 6.92 Å². The fraction of sp³-hybridized carbons (Fsp3) is 0.368. The number of aryl methyl sites for hydroxylation is 1. The maximum Gasteiger partial charge on any atom is 0.416 e. The van der Waals surface area contributed by atoms with Crippen molar-refractivity contribution in [2.45, 2.75) is 31.1 Å². The van der Waals surface area contributed by atoms with Gasteiger partial charge in [-0.3, -0.25) is 0 Å². The summed E-state index contributed by atoms with van der Waals surface area (Å²) in [6.07, 6.45) is -9.53. The highest BCUT2D eigenvalue weighted by molar-refractivity contribution is 6.34. The van der Waals surface area contributed by atoms with Gasteiger partial charge < -0.3 is 4.90 Å².